The predicted octanol–water partition coefficient (Wildman–Crippen LogP) is 3.49. The highest BCUT2D eigenvalue weighted by atomic mass is 16.2. The van der Waals surface area contributed by atoms with E-state index < -0.39 is 0 Å². The number of carbonyl (C=O) groups excluding carboxylic acids is 1. The van der Waals surface area contributed by atoms with E-state index in [1.54, 1.807) is 0 Å². The first-order valence-corrected chi connectivity index (χ1v) is 9.42. The summed E-state index contributed by atoms with van der Waals surface area (Å²) in [7, 11) is 0. The van der Waals surface area contributed by atoms with Gasteiger partial charge in [0.25, 0.3) is 0 Å². The standard InChI is InChI=1S/C22H25N3O/c26-22(25-12-6-7-13-25)21(23-15-17-8-2-1-3-9-17)14-18-16-24-20-11-5-4-10-19(18)20/h1-5,8-11,16,21,23-24H,6-7,12-15H2/t21-/m0/s1. The van der Waals surface area contributed by atoms with Gasteiger partial charge in [-0.1, -0.05) is 48.5 Å². The van der Waals surface area contributed by atoms with Crippen molar-refractivity contribution in [3.63, 3.8) is 0 Å². The molecule has 0 saturated carbocycles. The van der Waals surface area contributed by atoms with Crippen LogP contribution in [0.5, 0.6) is 0 Å². The summed E-state index contributed by atoms with van der Waals surface area (Å²) >= 11 is 0. The van der Waals surface area contributed by atoms with Crippen molar-refractivity contribution in [1.29, 1.82) is 0 Å². The van der Waals surface area contributed by atoms with Crippen LogP contribution in [-0.2, 0) is 17.8 Å². The van der Waals surface area contributed by atoms with Gasteiger partial charge in [0.1, 0.15) is 0 Å². The summed E-state index contributed by atoms with van der Waals surface area (Å²) in [4.78, 5) is 18.4. The Hall–Kier alpha value is -2.59. The second-order valence-electron chi connectivity index (χ2n) is 7.02. The highest BCUT2D eigenvalue weighted by Gasteiger charge is 2.27. The lowest BCUT2D eigenvalue weighted by Crippen LogP contribution is -2.46. The number of aromatic nitrogens is 1. The molecule has 2 aromatic carbocycles. The Kier molecular flexibility index (Phi) is 5.02. The van der Waals surface area contributed by atoms with E-state index in [0.717, 1.165) is 31.4 Å². The number of amides is 1. The number of benzene rings is 2. The molecule has 4 heteroatoms. The van der Waals surface area contributed by atoms with Crippen LogP contribution in [0, 0.1) is 0 Å². The van der Waals surface area contributed by atoms with Crippen LogP contribution in [0.2, 0.25) is 0 Å². The summed E-state index contributed by atoms with van der Waals surface area (Å²) < 4.78 is 0. The van der Waals surface area contributed by atoms with Crippen molar-refractivity contribution in [2.45, 2.75) is 31.8 Å². The van der Waals surface area contributed by atoms with Gasteiger partial charge in [0, 0.05) is 36.7 Å². The molecule has 0 bridgehead atoms. The van der Waals surface area contributed by atoms with Gasteiger partial charge >= 0.3 is 0 Å². The minimum Gasteiger partial charge on any atom is -0.361 e. The van der Waals surface area contributed by atoms with Gasteiger partial charge in [-0.05, 0) is 36.5 Å². The molecule has 1 aliphatic rings. The molecular weight excluding hydrogens is 322 g/mol. The Labute approximate surface area is 154 Å². The molecule has 1 aromatic heterocycles. The summed E-state index contributed by atoms with van der Waals surface area (Å²) in [5.41, 5.74) is 3.52. The summed E-state index contributed by atoms with van der Waals surface area (Å²) in [5.74, 6) is 0.226. The van der Waals surface area contributed by atoms with E-state index in [1.165, 1.54) is 16.5 Å². The van der Waals surface area contributed by atoms with Crippen molar-refractivity contribution in [3.05, 3.63) is 71.9 Å². The Morgan fingerprint density at radius 2 is 1.77 bits per heavy atom. The second kappa shape index (κ2) is 7.75. The van der Waals surface area contributed by atoms with Crippen molar-refractivity contribution < 1.29 is 4.79 Å². The lowest BCUT2D eigenvalue weighted by atomic mass is 10.0. The van der Waals surface area contributed by atoms with E-state index >= 15 is 0 Å². The van der Waals surface area contributed by atoms with Crippen LogP contribution in [0.25, 0.3) is 10.9 Å². The van der Waals surface area contributed by atoms with Crippen molar-refractivity contribution in [2.24, 2.45) is 0 Å². The fraction of sp³-hybridized carbons (Fsp3) is 0.318. The van der Waals surface area contributed by atoms with E-state index in [4.69, 9.17) is 0 Å². The number of para-hydroxylation sites is 1. The molecule has 1 fully saturated rings. The summed E-state index contributed by atoms with van der Waals surface area (Å²) in [6.07, 6.45) is 4.97. The zero-order chi connectivity index (χ0) is 17.8. The Balaban J connectivity index is 1.54. The largest absolute Gasteiger partial charge is 0.361 e. The predicted molar refractivity (Wildman–Crippen MR) is 105 cm³/mol. The molecule has 4 rings (SSSR count). The van der Waals surface area contributed by atoms with Gasteiger partial charge in [-0.2, -0.15) is 0 Å². The van der Waals surface area contributed by atoms with Crippen molar-refractivity contribution in [3.8, 4) is 0 Å². The highest BCUT2D eigenvalue weighted by molar-refractivity contribution is 5.86. The number of hydrogen-bond acceptors (Lipinski definition) is 2. The highest BCUT2D eigenvalue weighted by Crippen LogP contribution is 2.20. The lowest BCUT2D eigenvalue weighted by molar-refractivity contribution is -0.132. The maximum absolute atomic E-state index is 13.1. The molecule has 1 amide bonds. The fourth-order valence-corrected chi connectivity index (χ4v) is 3.76. The number of likely N-dealkylation sites (tertiary alicyclic amines) is 1. The summed E-state index contributed by atoms with van der Waals surface area (Å²) in [5, 5.41) is 4.71. The maximum Gasteiger partial charge on any atom is 0.240 e. The number of nitrogens with zero attached hydrogens (tertiary/aromatic N) is 1. The Morgan fingerprint density at radius 1 is 1.04 bits per heavy atom. The van der Waals surface area contributed by atoms with Crippen molar-refractivity contribution in [2.75, 3.05) is 13.1 Å². The van der Waals surface area contributed by atoms with E-state index in [9.17, 15) is 4.79 Å². The first-order valence-electron chi connectivity index (χ1n) is 9.42. The molecule has 2 heterocycles. The number of rotatable bonds is 6. The number of carbonyl (C=O) groups is 1. The molecule has 1 saturated heterocycles. The van der Waals surface area contributed by atoms with Crippen LogP contribution < -0.4 is 5.32 Å². The average molecular weight is 347 g/mol. The first kappa shape index (κ1) is 16.9. The Morgan fingerprint density at radius 3 is 2.58 bits per heavy atom. The molecule has 0 aliphatic carbocycles. The van der Waals surface area contributed by atoms with Crippen LogP contribution >= 0.6 is 0 Å². The SMILES string of the molecule is O=C([C@H](Cc1c[nH]c2ccccc12)NCc1ccccc1)N1CCCC1. The molecule has 0 unspecified atom stereocenters. The van der Waals surface area contributed by atoms with Crippen LogP contribution in [0.4, 0.5) is 0 Å². The zero-order valence-corrected chi connectivity index (χ0v) is 14.9. The van der Waals surface area contributed by atoms with E-state index in [1.807, 2.05) is 41.4 Å². The number of hydrogen-bond donors (Lipinski definition) is 2. The molecular formula is C22H25N3O. The molecule has 2 N–H and O–H groups in total. The number of nitrogens with one attached hydrogen (secondary N) is 2. The third-order valence-electron chi connectivity index (χ3n) is 5.21. The van der Waals surface area contributed by atoms with Gasteiger partial charge in [-0.15, -0.1) is 0 Å². The number of aromatic amines is 1. The van der Waals surface area contributed by atoms with E-state index in [0.29, 0.717) is 13.0 Å². The molecule has 1 aliphatic heterocycles. The summed E-state index contributed by atoms with van der Waals surface area (Å²) in [6, 6.07) is 18.4. The molecule has 0 spiro atoms. The van der Waals surface area contributed by atoms with E-state index in [-0.39, 0.29) is 11.9 Å². The van der Waals surface area contributed by atoms with Gasteiger partial charge in [0.05, 0.1) is 6.04 Å². The zero-order valence-electron chi connectivity index (χ0n) is 14.9. The monoisotopic (exact) mass is 347 g/mol. The maximum atomic E-state index is 13.1. The minimum atomic E-state index is -0.201. The van der Waals surface area contributed by atoms with Gasteiger partial charge in [-0.3, -0.25) is 4.79 Å². The van der Waals surface area contributed by atoms with E-state index in [2.05, 4.69) is 34.6 Å². The third-order valence-corrected chi connectivity index (χ3v) is 5.21. The normalized spacial score (nSPS) is 15.5. The fourth-order valence-electron chi connectivity index (χ4n) is 3.76. The van der Waals surface area contributed by atoms with Crippen LogP contribution in [-0.4, -0.2) is 34.9 Å². The average Bonchev–Trinajstić information content (AvgIpc) is 3.36. The van der Waals surface area contributed by atoms with Crippen LogP contribution in [0.3, 0.4) is 0 Å². The molecule has 0 radical (unpaired) electrons. The van der Waals surface area contributed by atoms with Gasteiger partial charge < -0.3 is 15.2 Å². The van der Waals surface area contributed by atoms with Gasteiger partial charge in [0.15, 0.2) is 0 Å². The molecule has 3 aromatic rings. The Bertz CT molecular complexity index is 865. The topological polar surface area (TPSA) is 48.1 Å². The van der Waals surface area contributed by atoms with Gasteiger partial charge in [-0.25, -0.2) is 0 Å². The minimum absolute atomic E-state index is 0.201. The lowest BCUT2D eigenvalue weighted by Gasteiger charge is -2.24. The third kappa shape index (κ3) is 3.65. The van der Waals surface area contributed by atoms with Crippen LogP contribution in [0.1, 0.15) is 24.0 Å². The first-order chi connectivity index (χ1) is 12.8. The quantitative estimate of drug-likeness (QED) is 0.717. The number of fused-ring (bicyclic) bond motifs is 1. The van der Waals surface area contributed by atoms with Crippen molar-refractivity contribution in [1.82, 2.24) is 15.2 Å². The second-order valence-corrected chi connectivity index (χ2v) is 7.02. The molecule has 26 heavy (non-hydrogen) atoms. The molecule has 134 valence electrons. The summed E-state index contributed by atoms with van der Waals surface area (Å²) in [6.45, 7) is 2.47. The molecule has 1 atom stereocenters. The smallest absolute Gasteiger partial charge is 0.240 e. The van der Waals surface area contributed by atoms with Crippen LogP contribution in [0.15, 0.2) is 60.8 Å². The van der Waals surface area contributed by atoms with Gasteiger partial charge in [0.2, 0.25) is 5.91 Å². The number of H-pyrrole nitrogens is 1. The molecule has 4 nitrogen and oxygen atoms in total. The van der Waals surface area contributed by atoms with Crippen molar-refractivity contribution >= 4 is 16.8 Å².